The minimum Gasteiger partial charge on any atom is -0.346 e. The molecule has 1 aliphatic rings. The van der Waals surface area contributed by atoms with Crippen LogP contribution in [0, 0.1) is 5.82 Å². The summed E-state index contributed by atoms with van der Waals surface area (Å²) in [4.78, 5) is 11.9. The summed E-state index contributed by atoms with van der Waals surface area (Å²) in [5.74, 6) is -1.43. The molecule has 3 N–H and O–H groups in total. The van der Waals surface area contributed by atoms with Crippen molar-refractivity contribution in [3.05, 3.63) is 41.2 Å². The number of primary sulfonamides is 1. The highest BCUT2D eigenvalue weighted by molar-refractivity contribution is 7.89. The van der Waals surface area contributed by atoms with Crippen LogP contribution >= 0.6 is 0 Å². The molecule has 2 rings (SSSR count). The highest BCUT2D eigenvalue weighted by atomic mass is 32.2. The first-order valence-electron chi connectivity index (χ1n) is 7.11. The van der Waals surface area contributed by atoms with Crippen molar-refractivity contribution in [1.82, 2.24) is 5.32 Å². The van der Waals surface area contributed by atoms with E-state index < -0.39 is 21.7 Å². The smallest absolute Gasteiger partial charge is 0.254 e. The van der Waals surface area contributed by atoms with Crippen LogP contribution in [0.4, 0.5) is 4.39 Å². The molecule has 0 saturated carbocycles. The van der Waals surface area contributed by atoms with Crippen LogP contribution in [0.25, 0.3) is 0 Å². The molecule has 1 aromatic rings. The molecule has 120 valence electrons. The summed E-state index contributed by atoms with van der Waals surface area (Å²) in [5.41, 5.74) is 0.789. The predicted molar refractivity (Wildman–Crippen MR) is 81.3 cm³/mol. The van der Waals surface area contributed by atoms with E-state index in [1.54, 1.807) is 0 Å². The molecular weight excluding hydrogens is 307 g/mol. The molecule has 0 fully saturated rings. The number of hydrogen-bond acceptors (Lipinski definition) is 3. The first-order chi connectivity index (χ1) is 10.3. The molecule has 7 heteroatoms. The van der Waals surface area contributed by atoms with Crippen molar-refractivity contribution in [2.45, 2.75) is 43.5 Å². The first kappa shape index (κ1) is 16.6. The van der Waals surface area contributed by atoms with Crippen molar-refractivity contribution >= 4 is 15.9 Å². The van der Waals surface area contributed by atoms with Crippen LogP contribution in [0.15, 0.2) is 34.7 Å². The molecule has 22 heavy (non-hydrogen) atoms. The second-order valence-corrected chi connectivity index (χ2v) is 6.97. The van der Waals surface area contributed by atoms with Gasteiger partial charge in [-0.2, -0.15) is 0 Å². The van der Waals surface area contributed by atoms with Crippen LogP contribution in [0.5, 0.6) is 0 Å². The summed E-state index contributed by atoms with van der Waals surface area (Å²) in [6.07, 6.45) is 6.17. The molecule has 0 spiro atoms. The van der Waals surface area contributed by atoms with Crippen LogP contribution in [0.1, 0.15) is 43.0 Å². The molecule has 5 nitrogen and oxygen atoms in total. The van der Waals surface area contributed by atoms with Crippen LogP contribution < -0.4 is 10.5 Å². The van der Waals surface area contributed by atoms with E-state index in [2.05, 4.69) is 11.4 Å². The zero-order valence-electron chi connectivity index (χ0n) is 12.3. The van der Waals surface area contributed by atoms with Gasteiger partial charge in [-0.1, -0.05) is 11.6 Å². The summed E-state index contributed by atoms with van der Waals surface area (Å²) in [6, 6.07) is 2.71. The van der Waals surface area contributed by atoms with Gasteiger partial charge in [-0.3, -0.25) is 4.79 Å². The quantitative estimate of drug-likeness (QED) is 0.830. The van der Waals surface area contributed by atoms with Crippen LogP contribution in [-0.2, 0) is 10.0 Å². The number of carbonyl (C=O) groups is 1. The molecule has 0 saturated heterocycles. The Morgan fingerprint density at radius 1 is 1.36 bits per heavy atom. The molecule has 1 atom stereocenters. The molecular formula is C15H19FN2O3S. The third-order valence-electron chi connectivity index (χ3n) is 3.74. The number of allylic oxidation sites excluding steroid dienone is 1. The summed E-state index contributed by atoms with van der Waals surface area (Å²) in [7, 11) is -3.98. The average molecular weight is 326 g/mol. The third-order valence-corrected chi connectivity index (χ3v) is 4.65. The van der Waals surface area contributed by atoms with Crippen molar-refractivity contribution in [1.29, 1.82) is 0 Å². The number of nitrogens with one attached hydrogen (secondary N) is 1. The van der Waals surface area contributed by atoms with Crippen molar-refractivity contribution in [2.75, 3.05) is 0 Å². The summed E-state index contributed by atoms with van der Waals surface area (Å²) in [5, 5.41) is 7.71. The summed E-state index contributed by atoms with van der Waals surface area (Å²) < 4.78 is 36.4. The standard InChI is InChI=1S/C15H19FN2O3S/c1-10(11-5-3-2-4-6-11)18-15(19)13-9-12(22(17,20)21)7-8-14(13)16/h5,7-10H,2-4,6H2,1H3,(H,18,19)(H2,17,20,21). The van der Waals surface area contributed by atoms with Crippen molar-refractivity contribution in [3.63, 3.8) is 0 Å². The minimum absolute atomic E-state index is 0.217. The van der Waals surface area contributed by atoms with E-state index in [0.29, 0.717) is 0 Å². The Bertz CT molecular complexity index is 713. The van der Waals surface area contributed by atoms with Gasteiger partial charge < -0.3 is 5.32 Å². The Morgan fingerprint density at radius 3 is 2.68 bits per heavy atom. The summed E-state index contributed by atoms with van der Waals surface area (Å²) >= 11 is 0. The van der Waals surface area contributed by atoms with Gasteiger partial charge in [0, 0.05) is 6.04 Å². The molecule has 1 aliphatic carbocycles. The van der Waals surface area contributed by atoms with Gasteiger partial charge in [-0.15, -0.1) is 0 Å². The molecule has 0 radical (unpaired) electrons. The number of benzene rings is 1. The lowest BCUT2D eigenvalue weighted by Gasteiger charge is -2.21. The van der Waals surface area contributed by atoms with Crippen LogP contribution in [0.3, 0.4) is 0 Å². The van der Waals surface area contributed by atoms with Gasteiger partial charge in [0.25, 0.3) is 5.91 Å². The van der Waals surface area contributed by atoms with Gasteiger partial charge in [0.1, 0.15) is 5.82 Å². The van der Waals surface area contributed by atoms with E-state index in [9.17, 15) is 17.6 Å². The van der Waals surface area contributed by atoms with E-state index in [4.69, 9.17) is 5.14 Å². The monoisotopic (exact) mass is 326 g/mol. The fourth-order valence-corrected chi connectivity index (χ4v) is 3.02. The molecule has 0 aromatic heterocycles. The number of rotatable bonds is 4. The summed E-state index contributed by atoms with van der Waals surface area (Å²) in [6.45, 7) is 1.83. The minimum atomic E-state index is -3.98. The highest BCUT2D eigenvalue weighted by Crippen LogP contribution is 2.21. The fraction of sp³-hybridized carbons (Fsp3) is 0.400. The van der Waals surface area contributed by atoms with Crippen molar-refractivity contribution < 1.29 is 17.6 Å². The molecule has 0 heterocycles. The van der Waals surface area contributed by atoms with Gasteiger partial charge in [-0.05, 0) is 50.8 Å². The lowest BCUT2D eigenvalue weighted by molar-refractivity contribution is 0.0940. The topological polar surface area (TPSA) is 89.3 Å². The zero-order chi connectivity index (χ0) is 16.3. The normalized spacial score (nSPS) is 16.8. The molecule has 0 aliphatic heterocycles. The van der Waals surface area contributed by atoms with E-state index in [0.717, 1.165) is 49.5 Å². The number of amides is 1. The largest absolute Gasteiger partial charge is 0.346 e. The number of hydrogen-bond donors (Lipinski definition) is 2. The average Bonchev–Trinajstić information content (AvgIpc) is 2.47. The van der Waals surface area contributed by atoms with Gasteiger partial charge in [-0.25, -0.2) is 17.9 Å². The van der Waals surface area contributed by atoms with Crippen LogP contribution in [0.2, 0.25) is 0 Å². The van der Waals surface area contributed by atoms with Crippen molar-refractivity contribution in [3.8, 4) is 0 Å². The Labute approximate surface area is 129 Å². The van der Waals surface area contributed by atoms with Gasteiger partial charge >= 0.3 is 0 Å². The molecule has 1 amide bonds. The van der Waals surface area contributed by atoms with Crippen molar-refractivity contribution in [2.24, 2.45) is 5.14 Å². The Balaban J connectivity index is 2.20. The second-order valence-electron chi connectivity index (χ2n) is 5.41. The number of carbonyl (C=O) groups excluding carboxylic acids is 1. The Hall–Kier alpha value is -1.73. The van der Waals surface area contributed by atoms with Crippen LogP contribution in [-0.4, -0.2) is 20.4 Å². The molecule has 0 bridgehead atoms. The molecule has 1 aromatic carbocycles. The lowest BCUT2D eigenvalue weighted by atomic mass is 9.94. The molecule has 1 unspecified atom stereocenters. The predicted octanol–water partition coefficient (Wildman–Crippen LogP) is 2.09. The van der Waals surface area contributed by atoms with Gasteiger partial charge in [0.2, 0.25) is 10.0 Å². The van der Waals surface area contributed by atoms with E-state index >= 15 is 0 Å². The first-order valence-corrected chi connectivity index (χ1v) is 8.66. The number of nitrogens with two attached hydrogens (primary N) is 1. The fourth-order valence-electron chi connectivity index (χ4n) is 2.48. The number of sulfonamides is 1. The highest BCUT2D eigenvalue weighted by Gasteiger charge is 2.20. The Morgan fingerprint density at radius 2 is 2.09 bits per heavy atom. The maximum atomic E-state index is 13.8. The van der Waals surface area contributed by atoms with E-state index in [-0.39, 0.29) is 16.5 Å². The zero-order valence-corrected chi connectivity index (χ0v) is 13.1. The maximum Gasteiger partial charge on any atom is 0.254 e. The Kier molecular flexibility index (Phi) is 4.97. The second kappa shape index (κ2) is 6.58. The van der Waals surface area contributed by atoms with E-state index in [1.807, 2.05) is 6.92 Å². The number of halogens is 1. The SMILES string of the molecule is CC(NC(=O)c1cc(S(N)(=O)=O)ccc1F)C1=CCCCC1. The van der Waals surface area contributed by atoms with Gasteiger partial charge in [0.05, 0.1) is 10.5 Å². The van der Waals surface area contributed by atoms with E-state index in [1.165, 1.54) is 0 Å². The van der Waals surface area contributed by atoms with Gasteiger partial charge in [0.15, 0.2) is 0 Å². The maximum absolute atomic E-state index is 13.8. The lowest BCUT2D eigenvalue weighted by Crippen LogP contribution is -2.35. The third kappa shape index (κ3) is 3.92.